The molecule has 0 amide bonds. The van der Waals surface area contributed by atoms with Crippen molar-refractivity contribution in [1.29, 1.82) is 5.26 Å². The normalized spacial score (nSPS) is 17.6. The summed E-state index contributed by atoms with van der Waals surface area (Å²) in [6.45, 7) is 2.77. The zero-order valence-corrected chi connectivity index (χ0v) is 13.6. The molecule has 0 radical (unpaired) electrons. The first-order valence-electron chi connectivity index (χ1n) is 8.09. The van der Waals surface area contributed by atoms with Gasteiger partial charge in [-0.05, 0) is 29.8 Å². The van der Waals surface area contributed by atoms with E-state index in [0.717, 1.165) is 23.6 Å². The molecule has 0 spiro atoms. The van der Waals surface area contributed by atoms with E-state index in [1.807, 2.05) is 30.5 Å². The molecule has 1 aliphatic rings. The zero-order chi connectivity index (χ0) is 17.1. The summed E-state index contributed by atoms with van der Waals surface area (Å²) in [6.07, 6.45) is 3.37. The maximum absolute atomic E-state index is 8.86. The smallest absolute Gasteiger partial charge is 0.157 e. The van der Waals surface area contributed by atoms with E-state index in [9.17, 15) is 0 Å². The maximum atomic E-state index is 8.86. The van der Waals surface area contributed by atoms with Gasteiger partial charge in [-0.15, -0.1) is 5.10 Å². The van der Waals surface area contributed by atoms with Crippen LogP contribution in [0.2, 0.25) is 0 Å². The van der Waals surface area contributed by atoms with Gasteiger partial charge < -0.3 is 9.15 Å². The van der Waals surface area contributed by atoms with Crippen molar-refractivity contribution >= 4 is 0 Å². The van der Waals surface area contributed by atoms with E-state index in [0.29, 0.717) is 25.3 Å². The van der Waals surface area contributed by atoms with Gasteiger partial charge in [0.1, 0.15) is 11.5 Å². The number of benzene rings is 1. The highest BCUT2D eigenvalue weighted by molar-refractivity contribution is 5.31. The standard InChI is InChI=1S/C18H17N5O2/c19-10-14-3-5-15(6-4-14)11-23-13-17(20-21-23)18-22(7-9-25-18)12-16-2-1-8-24-16/h1-6,8,13,18H,7,9,11-12H2/t18-/m1/s1. The molecule has 1 fully saturated rings. The summed E-state index contributed by atoms with van der Waals surface area (Å²) in [5.74, 6) is 0.903. The van der Waals surface area contributed by atoms with Crippen molar-refractivity contribution in [3.05, 3.63) is 71.4 Å². The first-order chi connectivity index (χ1) is 12.3. The summed E-state index contributed by atoms with van der Waals surface area (Å²) < 4.78 is 13.0. The molecular weight excluding hydrogens is 318 g/mol. The number of ether oxygens (including phenoxy) is 1. The van der Waals surface area contributed by atoms with Crippen LogP contribution in [-0.2, 0) is 17.8 Å². The number of hydrogen-bond acceptors (Lipinski definition) is 6. The molecule has 1 aromatic carbocycles. The quantitative estimate of drug-likeness (QED) is 0.712. The van der Waals surface area contributed by atoms with Crippen molar-refractivity contribution in [2.45, 2.75) is 19.3 Å². The number of nitriles is 1. The van der Waals surface area contributed by atoms with Crippen LogP contribution in [0.3, 0.4) is 0 Å². The van der Waals surface area contributed by atoms with Crippen LogP contribution >= 0.6 is 0 Å². The monoisotopic (exact) mass is 335 g/mol. The molecular formula is C18H17N5O2. The Morgan fingerprint density at radius 2 is 2.08 bits per heavy atom. The van der Waals surface area contributed by atoms with E-state index >= 15 is 0 Å². The summed E-state index contributed by atoms with van der Waals surface area (Å²) in [4.78, 5) is 2.18. The predicted octanol–water partition coefficient (Wildman–Crippen LogP) is 2.32. The fourth-order valence-corrected chi connectivity index (χ4v) is 2.92. The van der Waals surface area contributed by atoms with Gasteiger partial charge in [-0.2, -0.15) is 5.26 Å². The summed E-state index contributed by atoms with van der Waals surface area (Å²) >= 11 is 0. The molecule has 7 heteroatoms. The van der Waals surface area contributed by atoms with Crippen LogP contribution in [0.1, 0.15) is 28.8 Å². The van der Waals surface area contributed by atoms with Crippen LogP contribution in [-0.4, -0.2) is 33.0 Å². The zero-order valence-electron chi connectivity index (χ0n) is 13.6. The fourth-order valence-electron chi connectivity index (χ4n) is 2.92. The maximum Gasteiger partial charge on any atom is 0.157 e. The molecule has 3 aromatic rings. The first kappa shape index (κ1) is 15.6. The van der Waals surface area contributed by atoms with Gasteiger partial charge in [-0.3, -0.25) is 4.90 Å². The highest BCUT2D eigenvalue weighted by Crippen LogP contribution is 2.27. The Kier molecular flexibility index (Phi) is 4.29. The fraction of sp³-hybridized carbons (Fsp3) is 0.278. The second-order valence-electron chi connectivity index (χ2n) is 5.92. The third-order valence-electron chi connectivity index (χ3n) is 4.16. The van der Waals surface area contributed by atoms with Crippen LogP contribution in [0.25, 0.3) is 0 Å². The second kappa shape index (κ2) is 6.89. The Hall–Kier alpha value is -2.95. The summed E-state index contributed by atoms with van der Waals surface area (Å²) in [5, 5.41) is 17.3. The third kappa shape index (κ3) is 3.45. The molecule has 2 aromatic heterocycles. The molecule has 1 aliphatic heterocycles. The highest BCUT2D eigenvalue weighted by atomic mass is 16.5. The van der Waals surface area contributed by atoms with Gasteiger partial charge in [0.05, 0.1) is 43.8 Å². The van der Waals surface area contributed by atoms with Crippen LogP contribution in [0.5, 0.6) is 0 Å². The topological polar surface area (TPSA) is 80.1 Å². The second-order valence-corrected chi connectivity index (χ2v) is 5.92. The minimum atomic E-state index is -0.209. The Balaban J connectivity index is 1.45. The Morgan fingerprint density at radius 1 is 1.20 bits per heavy atom. The van der Waals surface area contributed by atoms with Crippen molar-refractivity contribution in [3.63, 3.8) is 0 Å². The van der Waals surface area contributed by atoms with Crippen LogP contribution in [0.15, 0.2) is 53.3 Å². The highest BCUT2D eigenvalue weighted by Gasteiger charge is 2.29. The molecule has 0 N–H and O–H groups in total. The van der Waals surface area contributed by atoms with Gasteiger partial charge in [0.25, 0.3) is 0 Å². The minimum absolute atomic E-state index is 0.209. The Labute approximate surface area is 145 Å². The number of furan rings is 1. The van der Waals surface area contributed by atoms with E-state index in [4.69, 9.17) is 14.4 Å². The molecule has 25 heavy (non-hydrogen) atoms. The van der Waals surface area contributed by atoms with Crippen molar-refractivity contribution in [1.82, 2.24) is 19.9 Å². The third-order valence-corrected chi connectivity index (χ3v) is 4.16. The Bertz CT molecular complexity index is 864. The molecule has 0 saturated carbocycles. The SMILES string of the molecule is N#Cc1ccc(Cn2cc([C@H]3OCCN3Cc3ccco3)nn2)cc1. The molecule has 1 atom stereocenters. The van der Waals surface area contributed by atoms with Crippen LogP contribution in [0.4, 0.5) is 0 Å². The Morgan fingerprint density at radius 3 is 2.84 bits per heavy atom. The van der Waals surface area contributed by atoms with E-state index in [-0.39, 0.29) is 6.23 Å². The van der Waals surface area contributed by atoms with Gasteiger partial charge in [-0.1, -0.05) is 17.3 Å². The number of rotatable bonds is 5. The molecule has 0 bridgehead atoms. The van der Waals surface area contributed by atoms with E-state index in [1.165, 1.54) is 0 Å². The molecule has 126 valence electrons. The van der Waals surface area contributed by atoms with Crippen molar-refractivity contribution in [2.24, 2.45) is 0 Å². The van der Waals surface area contributed by atoms with Crippen molar-refractivity contribution in [3.8, 4) is 6.07 Å². The minimum Gasteiger partial charge on any atom is -0.468 e. The molecule has 4 rings (SSSR count). The van der Waals surface area contributed by atoms with Crippen molar-refractivity contribution < 1.29 is 9.15 Å². The van der Waals surface area contributed by atoms with Crippen molar-refractivity contribution in [2.75, 3.05) is 13.2 Å². The lowest BCUT2D eigenvalue weighted by Gasteiger charge is -2.19. The van der Waals surface area contributed by atoms with Crippen LogP contribution < -0.4 is 0 Å². The van der Waals surface area contributed by atoms with Gasteiger partial charge in [-0.25, -0.2) is 4.68 Å². The largest absolute Gasteiger partial charge is 0.468 e. The molecule has 3 heterocycles. The number of hydrogen-bond donors (Lipinski definition) is 0. The van der Waals surface area contributed by atoms with Gasteiger partial charge in [0.2, 0.25) is 0 Å². The average molecular weight is 335 g/mol. The van der Waals surface area contributed by atoms with E-state index in [1.54, 1.807) is 23.1 Å². The summed E-state index contributed by atoms with van der Waals surface area (Å²) in [6, 6.07) is 13.4. The van der Waals surface area contributed by atoms with Gasteiger partial charge >= 0.3 is 0 Å². The lowest BCUT2D eigenvalue weighted by atomic mass is 10.1. The molecule has 1 saturated heterocycles. The molecule has 0 unspecified atom stereocenters. The van der Waals surface area contributed by atoms with E-state index < -0.39 is 0 Å². The lowest BCUT2D eigenvalue weighted by molar-refractivity contribution is 0.0223. The van der Waals surface area contributed by atoms with Crippen LogP contribution in [0, 0.1) is 11.3 Å². The molecule has 7 nitrogen and oxygen atoms in total. The summed E-state index contributed by atoms with van der Waals surface area (Å²) in [5.41, 5.74) is 2.50. The first-order valence-corrected chi connectivity index (χ1v) is 8.09. The summed E-state index contributed by atoms with van der Waals surface area (Å²) in [7, 11) is 0. The van der Waals surface area contributed by atoms with Gasteiger partial charge in [0, 0.05) is 6.54 Å². The number of aromatic nitrogens is 3. The lowest BCUT2D eigenvalue weighted by Crippen LogP contribution is -2.23. The molecule has 0 aliphatic carbocycles. The number of nitrogens with zero attached hydrogens (tertiary/aromatic N) is 5. The average Bonchev–Trinajstić information content (AvgIpc) is 3.38. The van der Waals surface area contributed by atoms with Gasteiger partial charge in [0.15, 0.2) is 6.23 Å². The predicted molar refractivity (Wildman–Crippen MR) is 88.1 cm³/mol. The van der Waals surface area contributed by atoms with E-state index in [2.05, 4.69) is 21.3 Å².